The molecular weight excluding hydrogens is 270 g/mol. The molecule has 1 aliphatic rings. The monoisotopic (exact) mass is 289 g/mol. The molecule has 1 atom stereocenters. The molecule has 21 heavy (non-hydrogen) atoms. The predicted octanol–water partition coefficient (Wildman–Crippen LogP) is 1.02. The van der Waals surface area contributed by atoms with Crippen LogP contribution in [0.2, 0.25) is 0 Å². The minimum absolute atomic E-state index is 0.213. The topological polar surface area (TPSA) is 98.7 Å². The Hall–Kier alpha value is -2.50. The number of esters is 1. The highest BCUT2D eigenvalue weighted by molar-refractivity contribution is 6.01. The Kier molecular flexibility index (Phi) is 4.16. The molecule has 6 nitrogen and oxygen atoms in total. The minimum atomic E-state index is -0.686. The van der Waals surface area contributed by atoms with Crippen LogP contribution in [0.25, 0.3) is 0 Å². The number of amides is 1. The van der Waals surface area contributed by atoms with Crippen molar-refractivity contribution in [2.45, 2.75) is 25.4 Å². The molecule has 1 amide bonds. The Balaban J connectivity index is 2.27. The van der Waals surface area contributed by atoms with Gasteiger partial charge in [-0.25, -0.2) is 4.79 Å². The molecule has 112 valence electrons. The molecule has 1 heterocycles. The number of allylic oxidation sites excluding steroid dienone is 1. The van der Waals surface area contributed by atoms with Crippen LogP contribution in [0.1, 0.15) is 28.8 Å². The highest BCUT2D eigenvalue weighted by Crippen LogP contribution is 2.30. The highest BCUT2D eigenvalue weighted by Gasteiger charge is 2.37. The van der Waals surface area contributed by atoms with Gasteiger partial charge in [-0.05, 0) is 25.0 Å². The second-order valence-corrected chi connectivity index (χ2v) is 5.04. The lowest BCUT2D eigenvalue weighted by atomic mass is 10.1. The number of nitrogens with zero attached hydrogens (tertiary/aromatic N) is 1. The van der Waals surface area contributed by atoms with Gasteiger partial charge in [0, 0.05) is 29.1 Å². The number of anilines is 1. The Bertz CT molecular complexity index is 598. The fraction of sp³-hybridized carbons (Fsp3) is 0.333. The average molecular weight is 289 g/mol. The van der Waals surface area contributed by atoms with Crippen LogP contribution in [0.3, 0.4) is 0 Å². The smallest absolute Gasteiger partial charge is 0.328 e. The number of nitrogens with two attached hydrogens (primary N) is 2. The van der Waals surface area contributed by atoms with Gasteiger partial charge in [0.2, 0.25) is 0 Å². The fourth-order valence-corrected chi connectivity index (χ4v) is 2.49. The predicted molar refractivity (Wildman–Crippen MR) is 79.1 cm³/mol. The first kappa shape index (κ1) is 14.9. The highest BCUT2D eigenvalue weighted by atomic mass is 16.5. The van der Waals surface area contributed by atoms with Crippen LogP contribution in [0.5, 0.6) is 0 Å². The van der Waals surface area contributed by atoms with Gasteiger partial charge in [0.1, 0.15) is 6.04 Å². The number of benzene rings is 1. The maximum atomic E-state index is 12.5. The normalized spacial score (nSPS) is 14.7. The molecule has 0 bridgehead atoms. The second kappa shape index (κ2) is 5.87. The van der Waals surface area contributed by atoms with Gasteiger partial charge in [0.15, 0.2) is 0 Å². The van der Waals surface area contributed by atoms with Crippen molar-refractivity contribution < 1.29 is 14.3 Å². The number of carbonyl (C=O) groups excluding carboxylic acids is 2. The molecule has 0 spiro atoms. The fourth-order valence-electron chi connectivity index (χ4n) is 2.49. The Morgan fingerprint density at radius 3 is 2.81 bits per heavy atom. The lowest BCUT2D eigenvalue weighted by Crippen LogP contribution is -2.42. The summed E-state index contributed by atoms with van der Waals surface area (Å²) in [5.41, 5.74) is 13.8. The molecule has 0 aromatic heterocycles. The first-order valence-corrected chi connectivity index (χ1v) is 6.65. The van der Waals surface area contributed by atoms with Crippen molar-refractivity contribution in [2.75, 3.05) is 12.8 Å². The van der Waals surface area contributed by atoms with Gasteiger partial charge < -0.3 is 21.1 Å². The zero-order valence-electron chi connectivity index (χ0n) is 12.0. The third kappa shape index (κ3) is 2.84. The van der Waals surface area contributed by atoms with E-state index in [2.05, 4.69) is 6.58 Å². The molecule has 0 fully saturated rings. The van der Waals surface area contributed by atoms with E-state index in [9.17, 15) is 9.59 Å². The lowest BCUT2D eigenvalue weighted by Gasteiger charge is -2.25. The number of ether oxygens (including phenoxy) is 1. The largest absolute Gasteiger partial charge is 0.467 e. The summed E-state index contributed by atoms with van der Waals surface area (Å²) in [6.07, 6.45) is 0.816. The van der Waals surface area contributed by atoms with Crippen LogP contribution in [-0.2, 0) is 16.1 Å². The first-order valence-electron chi connectivity index (χ1n) is 6.65. The van der Waals surface area contributed by atoms with Crippen molar-refractivity contribution in [3.05, 3.63) is 41.6 Å². The van der Waals surface area contributed by atoms with Gasteiger partial charge in [0.05, 0.1) is 7.11 Å². The standard InChI is InChI=1S/C15H19N3O3/c1-9(16)6-7-13(15(20)21-2)18-8-11-10(14(18)19)4-3-5-12(11)17/h3-5,13H,1,6-8,16-17H2,2H3. The third-order valence-electron chi connectivity index (χ3n) is 3.62. The van der Waals surface area contributed by atoms with E-state index in [0.717, 1.165) is 5.56 Å². The molecular formula is C15H19N3O3. The molecule has 0 radical (unpaired) electrons. The van der Waals surface area contributed by atoms with Crippen molar-refractivity contribution in [1.29, 1.82) is 0 Å². The second-order valence-electron chi connectivity index (χ2n) is 5.04. The zero-order chi connectivity index (χ0) is 15.6. The van der Waals surface area contributed by atoms with Crippen molar-refractivity contribution in [3.8, 4) is 0 Å². The summed E-state index contributed by atoms with van der Waals surface area (Å²) in [6, 6.07) is 4.49. The molecule has 2 rings (SSSR count). The molecule has 0 saturated heterocycles. The van der Waals surface area contributed by atoms with E-state index in [0.29, 0.717) is 36.3 Å². The zero-order valence-corrected chi connectivity index (χ0v) is 12.0. The SMILES string of the molecule is C=C(N)CCC(C(=O)OC)N1Cc2c(N)cccc2C1=O. The Morgan fingerprint density at radius 2 is 2.24 bits per heavy atom. The van der Waals surface area contributed by atoms with E-state index in [1.54, 1.807) is 18.2 Å². The first-order chi connectivity index (χ1) is 9.95. The summed E-state index contributed by atoms with van der Waals surface area (Å²) in [5.74, 6) is -0.675. The number of rotatable bonds is 5. The van der Waals surface area contributed by atoms with E-state index < -0.39 is 12.0 Å². The quantitative estimate of drug-likeness (QED) is 0.623. The Labute approximate surface area is 123 Å². The van der Waals surface area contributed by atoms with Crippen LogP contribution >= 0.6 is 0 Å². The number of fused-ring (bicyclic) bond motifs is 1. The van der Waals surface area contributed by atoms with Crippen molar-refractivity contribution in [3.63, 3.8) is 0 Å². The lowest BCUT2D eigenvalue weighted by molar-refractivity contribution is -0.146. The molecule has 1 unspecified atom stereocenters. The molecule has 1 aromatic rings. The van der Waals surface area contributed by atoms with Crippen LogP contribution in [0.4, 0.5) is 5.69 Å². The molecule has 6 heteroatoms. The number of methoxy groups -OCH3 is 1. The van der Waals surface area contributed by atoms with E-state index in [1.807, 2.05) is 0 Å². The van der Waals surface area contributed by atoms with E-state index in [-0.39, 0.29) is 5.91 Å². The van der Waals surface area contributed by atoms with Crippen LogP contribution < -0.4 is 11.5 Å². The minimum Gasteiger partial charge on any atom is -0.467 e. The van der Waals surface area contributed by atoms with E-state index >= 15 is 0 Å². The maximum absolute atomic E-state index is 12.5. The molecule has 1 aromatic carbocycles. The maximum Gasteiger partial charge on any atom is 0.328 e. The van der Waals surface area contributed by atoms with Gasteiger partial charge in [0.25, 0.3) is 5.91 Å². The van der Waals surface area contributed by atoms with Crippen LogP contribution in [0.15, 0.2) is 30.5 Å². The van der Waals surface area contributed by atoms with Gasteiger partial charge >= 0.3 is 5.97 Å². The third-order valence-corrected chi connectivity index (χ3v) is 3.62. The number of hydrogen-bond acceptors (Lipinski definition) is 5. The average Bonchev–Trinajstić information content (AvgIpc) is 2.78. The number of hydrogen-bond donors (Lipinski definition) is 2. The molecule has 0 aliphatic carbocycles. The number of carbonyl (C=O) groups is 2. The van der Waals surface area contributed by atoms with Crippen molar-refractivity contribution in [2.24, 2.45) is 5.73 Å². The van der Waals surface area contributed by atoms with Gasteiger partial charge in [-0.2, -0.15) is 0 Å². The summed E-state index contributed by atoms with van der Waals surface area (Å²) >= 11 is 0. The van der Waals surface area contributed by atoms with Crippen molar-refractivity contribution >= 4 is 17.6 Å². The van der Waals surface area contributed by atoms with E-state index in [1.165, 1.54) is 12.0 Å². The molecule has 4 N–H and O–H groups in total. The van der Waals surface area contributed by atoms with Crippen LogP contribution in [0, 0.1) is 0 Å². The van der Waals surface area contributed by atoms with Crippen LogP contribution in [-0.4, -0.2) is 29.9 Å². The Morgan fingerprint density at radius 1 is 1.52 bits per heavy atom. The summed E-state index contributed by atoms with van der Waals surface area (Å²) in [5, 5.41) is 0. The summed E-state index contributed by atoms with van der Waals surface area (Å²) < 4.78 is 4.80. The molecule has 0 saturated carbocycles. The molecule has 1 aliphatic heterocycles. The number of nitrogen functional groups attached to an aromatic ring is 1. The van der Waals surface area contributed by atoms with Gasteiger partial charge in [-0.15, -0.1) is 0 Å². The summed E-state index contributed by atoms with van der Waals surface area (Å²) in [7, 11) is 1.30. The van der Waals surface area contributed by atoms with Gasteiger partial charge in [-0.3, -0.25) is 4.79 Å². The summed E-state index contributed by atoms with van der Waals surface area (Å²) in [6.45, 7) is 3.92. The summed E-state index contributed by atoms with van der Waals surface area (Å²) in [4.78, 5) is 25.9. The van der Waals surface area contributed by atoms with Gasteiger partial charge in [-0.1, -0.05) is 12.6 Å². The van der Waals surface area contributed by atoms with Crippen molar-refractivity contribution in [1.82, 2.24) is 4.90 Å². The van der Waals surface area contributed by atoms with E-state index in [4.69, 9.17) is 16.2 Å².